The van der Waals surface area contributed by atoms with Crippen LogP contribution in [0.4, 0.5) is 0 Å². The van der Waals surface area contributed by atoms with Crippen LogP contribution in [0.2, 0.25) is 0 Å². The Kier molecular flexibility index (Phi) is 11.0. The lowest BCUT2D eigenvalue weighted by Crippen LogP contribution is -1.97. The first-order chi connectivity index (χ1) is 44.7. The van der Waals surface area contributed by atoms with Crippen LogP contribution in [0, 0.1) is 0 Å². The maximum atomic E-state index is 5.11. The molecule has 0 bridgehead atoms. The number of imidazole rings is 2. The molecule has 90 heavy (non-hydrogen) atoms. The molecule has 0 spiro atoms. The molecular weight excluding hydrogens is 1090 g/mol. The van der Waals surface area contributed by atoms with Gasteiger partial charge >= 0.3 is 0 Å². The molecule has 0 saturated carbocycles. The lowest BCUT2D eigenvalue weighted by atomic mass is 9.85. The maximum Gasteiger partial charge on any atom is 0.100 e. The number of fused-ring (bicyclic) bond motifs is 18. The third kappa shape index (κ3) is 7.52. The summed E-state index contributed by atoms with van der Waals surface area (Å²) in [5.41, 5.74) is 22.2. The highest BCUT2D eigenvalue weighted by atomic mass is 15.1. The van der Waals surface area contributed by atoms with Gasteiger partial charge in [-0.05, 0) is 151 Å². The van der Waals surface area contributed by atoms with E-state index in [1.54, 1.807) is 0 Å². The molecule has 0 aliphatic heterocycles. The van der Waals surface area contributed by atoms with Gasteiger partial charge in [-0.2, -0.15) is 0 Å². The van der Waals surface area contributed by atoms with E-state index in [1.807, 2.05) is 12.7 Å². The van der Waals surface area contributed by atoms with Gasteiger partial charge < -0.3 is 9.13 Å². The predicted molar refractivity (Wildman–Crippen MR) is 376 cm³/mol. The summed E-state index contributed by atoms with van der Waals surface area (Å²) in [5.74, 6) is 0. The van der Waals surface area contributed by atoms with E-state index >= 15 is 0 Å². The second-order valence-electron chi connectivity index (χ2n) is 23.7. The summed E-state index contributed by atoms with van der Waals surface area (Å²) in [6.07, 6.45) is 3.98. The molecule has 0 unspecified atom stereocenters. The van der Waals surface area contributed by atoms with Gasteiger partial charge in [-0.15, -0.1) is 0 Å². The van der Waals surface area contributed by atoms with E-state index in [0.29, 0.717) is 0 Å². The molecule has 0 aliphatic carbocycles. The summed E-state index contributed by atoms with van der Waals surface area (Å²) in [4.78, 5) is 10.2. The van der Waals surface area contributed by atoms with E-state index in [0.717, 1.165) is 100 Å². The van der Waals surface area contributed by atoms with E-state index in [4.69, 9.17) is 9.97 Å². The molecular formula is C84H52N6. The highest BCUT2D eigenvalue weighted by Gasteiger charge is 2.22. The van der Waals surface area contributed by atoms with Crippen LogP contribution in [0.15, 0.2) is 316 Å². The van der Waals surface area contributed by atoms with Crippen molar-refractivity contribution < 1.29 is 0 Å². The standard InChI is InChI=1S/C84H52N6/c1-5-25-69-61(17-1)63-19-3-7-27-71(63)83-81(69)85-51-87(83)57-41-33-53(34-42-57)73-49-76(56-39-47-60(48-40-56)90-79-31-15-11-23-67(79)68-24-12-16-32-80(68)90)74(50-75(73)55-37-45-59(46-38-55)89-77-29-13-9-21-65(77)66-22-10-14-30-78(66)89)54-35-43-58(44-36-54)88-52-86-82-70-26-6-2-18-62(70)64-20-4-8-28-72(64)84(82)88/h1-52H. The van der Waals surface area contributed by atoms with Gasteiger partial charge in [-0.1, -0.05) is 218 Å². The van der Waals surface area contributed by atoms with Crippen LogP contribution in [0.1, 0.15) is 0 Å². The van der Waals surface area contributed by atoms with E-state index in [-0.39, 0.29) is 0 Å². The fourth-order valence-electron chi connectivity index (χ4n) is 14.8. The second kappa shape index (κ2) is 19.7. The summed E-state index contributed by atoms with van der Waals surface area (Å²) in [6, 6.07) is 111. The Balaban J connectivity index is 0.815. The summed E-state index contributed by atoms with van der Waals surface area (Å²) in [5, 5.41) is 14.5. The Hall–Kier alpha value is -12.1. The van der Waals surface area contributed by atoms with Crippen LogP contribution in [-0.4, -0.2) is 28.2 Å². The highest BCUT2D eigenvalue weighted by Crippen LogP contribution is 2.45. The Labute approximate surface area is 517 Å². The number of hydrogen-bond acceptors (Lipinski definition) is 2. The van der Waals surface area contributed by atoms with Crippen LogP contribution in [0.25, 0.3) is 176 Å². The molecule has 0 aliphatic rings. The topological polar surface area (TPSA) is 45.5 Å². The molecule has 0 N–H and O–H groups in total. The Bertz CT molecular complexity index is 5630. The molecule has 0 amide bonds. The van der Waals surface area contributed by atoms with Gasteiger partial charge in [0.1, 0.15) is 12.7 Å². The second-order valence-corrected chi connectivity index (χ2v) is 23.7. The van der Waals surface area contributed by atoms with Gasteiger partial charge in [-0.3, -0.25) is 9.13 Å². The van der Waals surface area contributed by atoms with Crippen molar-refractivity contribution in [3.05, 3.63) is 316 Å². The average Bonchev–Trinajstić information content (AvgIpc) is 1.82. The van der Waals surface area contributed by atoms with Gasteiger partial charge in [-0.25, -0.2) is 9.97 Å². The monoisotopic (exact) mass is 1140 g/mol. The first-order valence-electron chi connectivity index (χ1n) is 30.8. The van der Waals surface area contributed by atoms with Crippen LogP contribution >= 0.6 is 0 Å². The third-order valence-corrected chi connectivity index (χ3v) is 18.9. The fourth-order valence-corrected chi connectivity index (χ4v) is 14.8. The van der Waals surface area contributed by atoms with E-state index in [1.165, 1.54) is 75.9 Å². The molecule has 4 aromatic heterocycles. The largest absolute Gasteiger partial charge is 0.309 e. The van der Waals surface area contributed by atoms with Gasteiger partial charge in [0, 0.05) is 65.8 Å². The minimum absolute atomic E-state index is 0.998. The number of hydrogen-bond donors (Lipinski definition) is 0. The van der Waals surface area contributed by atoms with Gasteiger partial charge in [0.15, 0.2) is 0 Å². The number of rotatable bonds is 8. The first-order valence-corrected chi connectivity index (χ1v) is 30.8. The average molecular weight is 1150 g/mol. The number of nitrogens with zero attached hydrogens (tertiary/aromatic N) is 6. The maximum absolute atomic E-state index is 5.11. The van der Waals surface area contributed by atoms with Crippen molar-refractivity contribution in [2.75, 3.05) is 0 Å². The zero-order valence-electron chi connectivity index (χ0n) is 48.7. The summed E-state index contributed by atoms with van der Waals surface area (Å²) in [7, 11) is 0. The van der Waals surface area contributed by atoms with Crippen LogP contribution in [-0.2, 0) is 0 Å². The Morgan fingerprint density at radius 1 is 0.200 bits per heavy atom. The number of para-hydroxylation sites is 4. The quantitative estimate of drug-likeness (QED) is 0.142. The zero-order valence-corrected chi connectivity index (χ0v) is 48.7. The molecule has 0 radical (unpaired) electrons. The molecule has 0 saturated heterocycles. The van der Waals surface area contributed by atoms with Gasteiger partial charge in [0.05, 0.1) is 44.1 Å². The molecule has 418 valence electrons. The van der Waals surface area contributed by atoms with Crippen molar-refractivity contribution in [3.8, 4) is 67.3 Å². The minimum Gasteiger partial charge on any atom is -0.309 e. The van der Waals surface area contributed by atoms with Crippen LogP contribution in [0.5, 0.6) is 0 Å². The van der Waals surface area contributed by atoms with Crippen molar-refractivity contribution in [1.82, 2.24) is 28.2 Å². The molecule has 6 nitrogen and oxygen atoms in total. The van der Waals surface area contributed by atoms with Crippen molar-refractivity contribution >= 4 is 109 Å². The Morgan fingerprint density at radius 3 is 0.733 bits per heavy atom. The number of aromatic nitrogens is 6. The lowest BCUT2D eigenvalue weighted by Gasteiger charge is -2.20. The molecule has 4 heterocycles. The molecule has 19 aromatic rings. The molecule has 0 fully saturated rings. The van der Waals surface area contributed by atoms with E-state index < -0.39 is 0 Å². The smallest absolute Gasteiger partial charge is 0.100 e. The first kappa shape index (κ1) is 50.1. The summed E-state index contributed by atoms with van der Waals surface area (Å²) >= 11 is 0. The molecule has 15 aromatic carbocycles. The third-order valence-electron chi connectivity index (χ3n) is 18.9. The van der Waals surface area contributed by atoms with Crippen LogP contribution < -0.4 is 0 Å². The van der Waals surface area contributed by atoms with Gasteiger partial charge in [0.2, 0.25) is 0 Å². The predicted octanol–water partition coefficient (Wildman–Crippen LogP) is 21.8. The number of benzene rings is 15. The van der Waals surface area contributed by atoms with Gasteiger partial charge in [0.25, 0.3) is 0 Å². The van der Waals surface area contributed by atoms with Crippen molar-refractivity contribution in [3.63, 3.8) is 0 Å². The highest BCUT2D eigenvalue weighted by molar-refractivity contribution is 6.25. The van der Waals surface area contributed by atoms with E-state index in [2.05, 4.69) is 322 Å². The minimum atomic E-state index is 0.998. The van der Waals surface area contributed by atoms with Crippen molar-refractivity contribution in [2.24, 2.45) is 0 Å². The molecule has 0 atom stereocenters. The van der Waals surface area contributed by atoms with Crippen LogP contribution in [0.3, 0.4) is 0 Å². The Morgan fingerprint density at radius 2 is 0.433 bits per heavy atom. The molecule has 19 rings (SSSR count). The fraction of sp³-hybridized carbons (Fsp3) is 0. The summed E-state index contributed by atoms with van der Waals surface area (Å²) < 4.78 is 9.31. The van der Waals surface area contributed by atoms with Crippen molar-refractivity contribution in [1.29, 1.82) is 0 Å². The summed E-state index contributed by atoms with van der Waals surface area (Å²) in [6.45, 7) is 0. The SMILES string of the molecule is c1ccc2c(c1)c1ccccc1c1c2ncn1-c1ccc(-c2cc(-c3ccc(-n4c5ccccc5c5ccccc54)cc3)c(-c3ccc(-n4cnc5c6ccccc6c6ccccc6c54)cc3)cc2-c2ccc(-n3c4ccccc4c4ccccc43)cc2)cc1. The molecule has 6 heteroatoms. The normalized spacial score (nSPS) is 12.0. The lowest BCUT2D eigenvalue weighted by molar-refractivity contribution is 1.10. The van der Waals surface area contributed by atoms with E-state index in [9.17, 15) is 0 Å². The zero-order chi connectivity index (χ0) is 59.0. The van der Waals surface area contributed by atoms with Crippen molar-refractivity contribution in [2.45, 2.75) is 0 Å².